The van der Waals surface area contributed by atoms with E-state index in [9.17, 15) is 9.59 Å². The summed E-state index contributed by atoms with van der Waals surface area (Å²) in [7, 11) is 1.82. The molecule has 1 N–H and O–H groups in total. The number of nitrogens with zero attached hydrogens (tertiary/aromatic N) is 2. The summed E-state index contributed by atoms with van der Waals surface area (Å²) in [6, 6.07) is 8.41. The lowest BCUT2D eigenvalue weighted by Crippen LogP contribution is -2.59. The first kappa shape index (κ1) is 19.4. The first-order valence-electron chi connectivity index (χ1n) is 10.6. The number of likely N-dealkylation sites (N-methyl/N-ethyl adjacent to an activating group) is 1. The Balaban J connectivity index is 1.40. The number of hydrogen-bond donors (Lipinski definition) is 1. The largest absolute Gasteiger partial charge is 0.371 e. The van der Waals surface area contributed by atoms with Crippen molar-refractivity contribution in [3.8, 4) is 0 Å². The number of amides is 2. The molecular weight excluding hydrogens is 354 g/mol. The van der Waals surface area contributed by atoms with E-state index in [0.717, 1.165) is 25.8 Å². The molecule has 2 heterocycles. The van der Waals surface area contributed by atoms with E-state index in [4.69, 9.17) is 4.74 Å². The maximum atomic E-state index is 13.0. The molecule has 2 unspecified atom stereocenters. The van der Waals surface area contributed by atoms with Gasteiger partial charge >= 0.3 is 0 Å². The number of benzene rings is 1. The van der Waals surface area contributed by atoms with Gasteiger partial charge in [0.25, 0.3) is 0 Å². The Morgan fingerprint density at radius 1 is 1.29 bits per heavy atom. The molecule has 2 amide bonds. The van der Waals surface area contributed by atoms with Crippen molar-refractivity contribution in [1.29, 1.82) is 0 Å². The lowest BCUT2D eigenvalue weighted by molar-refractivity contribution is -0.140. The van der Waals surface area contributed by atoms with Crippen molar-refractivity contribution in [3.05, 3.63) is 35.4 Å². The lowest BCUT2D eigenvalue weighted by Gasteiger charge is -2.39. The van der Waals surface area contributed by atoms with Crippen LogP contribution in [0.5, 0.6) is 0 Å². The summed E-state index contributed by atoms with van der Waals surface area (Å²) in [4.78, 5) is 29.5. The number of carbonyl (C=O) groups excluding carboxylic acids is 2. The SMILES string of the molecule is CN(CC1OCCc2ccccc21)C(=O)CC1C(=O)NCCN1C1CCCC1. The maximum absolute atomic E-state index is 13.0. The average Bonchev–Trinajstić information content (AvgIpc) is 3.24. The van der Waals surface area contributed by atoms with Gasteiger partial charge in [-0.2, -0.15) is 0 Å². The molecule has 2 aliphatic heterocycles. The van der Waals surface area contributed by atoms with Gasteiger partial charge < -0.3 is 15.0 Å². The second-order valence-corrected chi connectivity index (χ2v) is 8.27. The van der Waals surface area contributed by atoms with E-state index < -0.39 is 0 Å². The number of fused-ring (bicyclic) bond motifs is 1. The molecule has 2 atom stereocenters. The first-order chi connectivity index (χ1) is 13.6. The minimum atomic E-state index is -0.341. The Bertz CT molecular complexity index is 717. The molecule has 2 fully saturated rings. The van der Waals surface area contributed by atoms with Gasteiger partial charge in [0.1, 0.15) is 6.10 Å². The molecule has 3 aliphatic rings. The zero-order chi connectivity index (χ0) is 19.5. The van der Waals surface area contributed by atoms with Crippen LogP contribution in [0, 0.1) is 0 Å². The standard InChI is InChI=1S/C22H31N3O3/c1-24(15-20-18-9-5-2-6-16(18)10-13-28-20)21(26)14-19-22(27)23-11-12-25(19)17-7-3-4-8-17/h2,5-6,9,17,19-20H,3-4,7-8,10-15H2,1H3,(H,23,27). The van der Waals surface area contributed by atoms with Gasteiger partial charge in [-0.1, -0.05) is 37.1 Å². The molecule has 28 heavy (non-hydrogen) atoms. The summed E-state index contributed by atoms with van der Waals surface area (Å²) in [5.41, 5.74) is 2.48. The molecule has 1 saturated carbocycles. The highest BCUT2D eigenvalue weighted by atomic mass is 16.5. The summed E-state index contributed by atoms with van der Waals surface area (Å²) in [6.45, 7) is 2.73. The Hall–Kier alpha value is -1.92. The zero-order valence-electron chi connectivity index (χ0n) is 16.7. The Kier molecular flexibility index (Phi) is 5.97. The Morgan fingerprint density at radius 2 is 2.07 bits per heavy atom. The van der Waals surface area contributed by atoms with E-state index >= 15 is 0 Å². The highest BCUT2D eigenvalue weighted by Gasteiger charge is 2.37. The minimum absolute atomic E-state index is 0.000776. The Morgan fingerprint density at radius 3 is 2.89 bits per heavy atom. The van der Waals surface area contributed by atoms with Crippen LogP contribution in [0.2, 0.25) is 0 Å². The van der Waals surface area contributed by atoms with E-state index in [2.05, 4.69) is 28.4 Å². The van der Waals surface area contributed by atoms with Gasteiger partial charge in [-0.3, -0.25) is 14.5 Å². The molecule has 1 aromatic carbocycles. The number of carbonyl (C=O) groups is 2. The fraction of sp³-hybridized carbons (Fsp3) is 0.636. The predicted molar refractivity (Wildman–Crippen MR) is 107 cm³/mol. The number of hydrogen-bond acceptors (Lipinski definition) is 4. The Labute approximate surface area is 167 Å². The zero-order valence-corrected chi connectivity index (χ0v) is 16.7. The van der Waals surface area contributed by atoms with Gasteiger partial charge in [-0.15, -0.1) is 0 Å². The molecule has 152 valence electrons. The van der Waals surface area contributed by atoms with Crippen LogP contribution in [-0.4, -0.2) is 67.0 Å². The van der Waals surface area contributed by atoms with Gasteiger partial charge in [0.05, 0.1) is 25.6 Å². The molecule has 1 aromatic rings. The monoisotopic (exact) mass is 385 g/mol. The van der Waals surface area contributed by atoms with Crippen LogP contribution in [0.25, 0.3) is 0 Å². The van der Waals surface area contributed by atoms with Crippen molar-refractivity contribution in [1.82, 2.24) is 15.1 Å². The molecule has 1 saturated heterocycles. The average molecular weight is 386 g/mol. The van der Waals surface area contributed by atoms with Gasteiger partial charge in [0.2, 0.25) is 11.8 Å². The van der Waals surface area contributed by atoms with Gasteiger partial charge in [-0.05, 0) is 30.4 Å². The molecule has 6 nitrogen and oxygen atoms in total. The van der Waals surface area contributed by atoms with Gasteiger partial charge in [-0.25, -0.2) is 0 Å². The van der Waals surface area contributed by atoms with Crippen LogP contribution in [0.3, 0.4) is 0 Å². The summed E-state index contributed by atoms with van der Waals surface area (Å²) in [5.74, 6) is 0.0101. The summed E-state index contributed by atoms with van der Waals surface area (Å²) < 4.78 is 5.96. The quantitative estimate of drug-likeness (QED) is 0.841. The summed E-state index contributed by atoms with van der Waals surface area (Å²) in [6.07, 6.45) is 5.80. The third-order valence-corrected chi connectivity index (χ3v) is 6.49. The van der Waals surface area contributed by atoms with Crippen molar-refractivity contribution in [2.75, 3.05) is 33.3 Å². The molecule has 0 radical (unpaired) electrons. The molecular formula is C22H31N3O3. The fourth-order valence-electron chi connectivity index (χ4n) is 4.92. The van der Waals surface area contributed by atoms with Crippen LogP contribution in [0.1, 0.15) is 49.3 Å². The maximum Gasteiger partial charge on any atom is 0.237 e. The fourth-order valence-corrected chi connectivity index (χ4v) is 4.92. The van der Waals surface area contributed by atoms with Gasteiger partial charge in [0, 0.05) is 26.2 Å². The van der Waals surface area contributed by atoms with E-state index in [1.807, 2.05) is 13.1 Å². The van der Waals surface area contributed by atoms with E-state index in [1.54, 1.807) is 4.90 Å². The van der Waals surface area contributed by atoms with Crippen LogP contribution < -0.4 is 5.32 Å². The second kappa shape index (κ2) is 8.62. The van der Waals surface area contributed by atoms with Crippen LogP contribution >= 0.6 is 0 Å². The van der Waals surface area contributed by atoms with E-state index in [0.29, 0.717) is 25.7 Å². The van der Waals surface area contributed by atoms with Crippen molar-refractivity contribution >= 4 is 11.8 Å². The molecule has 0 bridgehead atoms. The number of rotatable bonds is 5. The van der Waals surface area contributed by atoms with E-state index in [1.165, 1.54) is 24.0 Å². The summed E-state index contributed by atoms with van der Waals surface area (Å²) >= 11 is 0. The molecule has 4 rings (SSSR count). The third kappa shape index (κ3) is 4.08. The van der Waals surface area contributed by atoms with Crippen molar-refractivity contribution in [2.24, 2.45) is 0 Å². The van der Waals surface area contributed by atoms with Gasteiger partial charge in [0.15, 0.2) is 0 Å². The topological polar surface area (TPSA) is 61.9 Å². The molecule has 0 aromatic heterocycles. The van der Waals surface area contributed by atoms with Crippen LogP contribution in [-0.2, 0) is 20.7 Å². The van der Waals surface area contributed by atoms with Crippen LogP contribution in [0.15, 0.2) is 24.3 Å². The highest BCUT2D eigenvalue weighted by molar-refractivity contribution is 5.88. The second-order valence-electron chi connectivity index (χ2n) is 8.27. The summed E-state index contributed by atoms with van der Waals surface area (Å²) in [5, 5.41) is 2.95. The van der Waals surface area contributed by atoms with Crippen molar-refractivity contribution < 1.29 is 14.3 Å². The van der Waals surface area contributed by atoms with Crippen molar-refractivity contribution in [2.45, 2.75) is 56.7 Å². The molecule has 1 aliphatic carbocycles. The first-order valence-corrected chi connectivity index (χ1v) is 10.6. The minimum Gasteiger partial charge on any atom is -0.371 e. The van der Waals surface area contributed by atoms with Crippen LogP contribution in [0.4, 0.5) is 0 Å². The third-order valence-electron chi connectivity index (χ3n) is 6.49. The number of piperazine rings is 1. The normalized spacial score (nSPS) is 26.0. The van der Waals surface area contributed by atoms with E-state index in [-0.39, 0.29) is 30.4 Å². The molecule has 0 spiro atoms. The highest BCUT2D eigenvalue weighted by Crippen LogP contribution is 2.29. The molecule has 6 heteroatoms. The predicted octanol–water partition coefficient (Wildman–Crippen LogP) is 1.89. The smallest absolute Gasteiger partial charge is 0.237 e. The number of nitrogens with one attached hydrogen (secondary N) is 1. The lowest BCUT2D eigenvalue weighted by atomic mass is 9.97. The number of ether oxygens (including phenoxy) is 1. The van der Waals surface area contributed by atoms with Crippen molar-refractivity contribution in [3.63, 3.8) is 0 Å².